The first-order valence-corrected chi connectivity index (χ1v) is 5.81. The Labute approximate surface area is 122 Å². The van der Waals surface area contributed by atoms with Crippen molar-refractivity contribution < 1.29 is 32.6 Å². The maximum absolute atomic E-state index is 12.9. The SMILES string of the molecule is O=C(O)/C=C/C(=O)Nc1ccc(OC(F)(F)[C@H](F)Cl)cc1. The van der Waals surface area contributed by atoms with E-state index in [1.165, 1.54) is 12.1 Å². The summed E-state index contributed by atoms with van der Waals surface area (Å²) in [5.41, 5.74) is -2.80. The van der Waals surface area contributed by atoms with Gasteiger partial charge in [-0.15, -0.1) is 0 Å². The topological polar surface area (TPSA) is 75.6 Å². The lowest BCUT2D eigenvalue weighted by Crippen LogP contribution is -2.32. The number of halogens is 4. The molecular formula is C12H9ClF3NO4. The first-order valence-electron chi connectivity index (χ1n) is 5.38. The Bertz CT molecular complexity index is 546. The maximum Gasteiger partial charge on any atom is 0.444 e. The maximum atomic E-state index is 12.9. The summed E-state index contributed by atoms with van der Waals surface area (Å²) in [5.74, 6) is -2.37. The van der Waals surface area contributed by atoms with E-state index in [1.54, 1.807) is 0 Å². The monoisotopic (exact) mass is 323 g/mol. The lowest BCUT2D eigenvalue weighted by Gasteiger charge is -2.17. The van der Waals surface area contributed by atoms with E-state index in [0.717, 1.165) is 18.2 Å². The fourth-order valence-electron chi connectivity index (χ4n) is 1.14. The number of benzene rings is 1. The van der Waals surface area contributed by atoms with Gasteiger partial charge >= 0.3 is 12.1 Å². The van der Waals surface area contributed by atoms with Crippen LogP contribution in [0, 0.1) is 0 Å². The molecule has 5 nitrogen and oxygen atoms in total. The Hall–Kier alpha value is -2.22. The number of hydrogen-bond donors (Lipinski definition) is 2. The molecule has 0 heterocycles. The molecule has 0 fully saturated rings. The van der Waals surface area contributed by atoms with E-state index in [0.29, 0.717) is 6.08 Å². The van der Waals surface area contributed by atoms with Crippen molar-refractivity contribution in [3.05, 3.63) is 36.4 Å². The number of carbonyl (C=O) groups excluding carboxylic acids is 1. The van der Waals surface area contributed by atoms with Gasteiger partial charge in [-0.2, -0.15) is 8.78 Å². The molecule has 9 heteroatoms. The van der Waals surface area contributed by atoms with Crippen LogP contribution in [0.15, 0.2) is 36.4 Å². The number of anilines is 1. The predicted octanol–water partition coefficient (Wildman–Crippen LogP) is 2.77. The first kappa shape index (κ1) is 16.8. The van der Waals surface area contributed by atoms with E-state index in [9.17, 15) is 22.8 Å². The van der Waals surface area contributed by atoms with Gasteiger partial charge < -0.3 is 15.2 Å². The van der Waals surface area contributed by atoms with Crippen molar-refractivity contribution in [3.63, 3.8) is 0 Å². The molecule has 0 saturated carbocycles. The second kappa shape index (κ2) is 6.98. The van der Waals surface area contributed by atoms with Gasteiger partial charge in [0, 0.05) is 17.8 Å². The van der Waals surface area contributed by atoms with Gasteiger partial charge in [0.15, 0.2) is 0 Å². The zero-order valence-electron chi connectivity index (χ0n) is 10.2. The number of alkyl halides is 4. The van der Waals surface area contributed by atoms with Crippen molar-refractivity contribution >= 4 is 29.2 Å². The largest absolute Gasteiger partial charge is 0.478 e. The summed E-state index contributed by atoms with van der Waals surface area (Å²) in [6, 6.07) is 4.53. The number of rotatable bonds is 6. The van der Waals surface area contributed by atoms with E-state index in [4.69, 9.17) is 5.11 Å². The third kappa shape index (κ3) is 5.74. The van der Waals surface area contributed by atoms with Crippen LogP contribution in [0.4, 0.5) is 18.9 Å². The van der Waals surface area contributed by atoms with Gasteiger partial charge in [0.2, 0.25) is 5.91 Å². The van der Waals surface area contributed by atoms with Crippen molar-refractivity contribution in [1.29, 1.82) is 0 Å². The molecule has 0 unspecified atom stereocenters. The first-order chi connectivity index (χ1) is 9.70. The molecule has 1 aromatic carbocycles. The van der Waals surface area contributed by atoms with Crippen molar-refractivity contribution in [3.8, 4) is 5.75 Å². The van der Waals surface area contributed by atoms with Crippen LogP contribution in [0.3, 0.4) is 0 Å². The van der Waals surface area contributed by atoms with Gasteiger partial charge in [-0.1, -0.05) is 11.6 Å². The quantitative estimate of drug-likeness (QED) is 0.623. The minimum atomic E-state index is -4.18. The minimum absolute atomic E-state index is 0.202. The zero-order valence-corrected chi connectivity index (χ0v) is 11.0. The molecule has 21 heavy (non-hydrogen) atoms. The molecular weight excluding hydrogens is 315 g/mol. The van der Waals surface area contributed by atoms with Gasteiger partial charge in [0.1, 0.15) is 5.75 Å². The number of carbonyl (C=O) groups is 2. The highest BCUT2D eigenvalue weighted by atomic mass is 35.5. The molecule has 0 aromatic heterocycles. The lowest BCUT2D eigenvalue weighted by molar-refractivity contribution is -0.199. The van der Waals surface area contributed by atoms with Crippen molar-refractivity contribution in [1.82, 2.24) is 0 Å². The summed E-state index contributed by atoms with van der Waals surface area (Å²) < 4.78 is 42.1. The van der Waals surface area contributed by atoms with Gasteiger partial charge in [0.25, 0.3) is 5.63 Å². The molecule has 0 aliphatic heterocycles. The van der Waals surface area contributed by atoms with Crippen LogP contribution in [0.25, 0.3) is 0 Å². The summed E-state index contributed by atoms with van der Waals surface area (Å²) >= 11 is 4.63. The Balaban J connectivity index is 2.66. The second-order valence-corrected chi connectivity index (χ2v) is 4.03. The summed E-state index contributed by atoms with van der Waals surface area (Å²) in [6.07, 6.45) is -2.77. The summed E-state index contributed by atoms with van der Waals surface area (Å²) in [7, 11) is 0. The molecule has 1 amide bonds. The van der Waals surface area contributed by atoms with E-state index < -0.39 is 23.6 Å². The minimum Gasteiger partial charge on any atom is -0.478 e. The van der Waals surface area contributed by atoms with Crippen molar-refractivity contribution in [2.24, 2.45) is 0 Å². The number of carboxylic acids is 1. The van der Waals surface area contributed by atoms with Gasteiger partial charge in [-0.3, -0.25) is 4.79 Å². The summed E-state index contributed by atoms with van der Waals surface area (Å²) in [5, 5.41) is 10.6. The van der Waals surface area contributed by atoms with E-state index in [1.807, 2.05) is 0 Å². The Morgan fingerprint density at radius 3 is 2.33 bits per heavy atom. The molecule has 1 aromatic rings. The summed E-state index contributed by atoms with van der Waals surface area (Å²) in [4.78, 5) is 21.4. The normalized spacial score (nSPS) is 13.0. The molecule has 1 atom stereocenters. The molecule has 0 bridgehead atoms. The van der Waals surface area contributed by atoms with E-state index >= 15 is 0 Å². The lowest BCUT2D eigenvalue weighted by atomic mass is 10.3. The third-order valence-corrected chi connectivity index (χ3v) is 2.26. The van der Waals surface area contributed by atoms with Crippen LogP contribution in [0.2, 0.25) is 0 Å². The third-order valence-electron chi connectivity index (χ3n) is 2.01. The zero-order chi connectivity index (χ0) is 16.0. The fourth-order valence-corrected chi connectivity index (χ4v) is 1.18. The standard InChI is InChI=1S/C12H9ClF3NO4/c13-11(14)12(15,16)21-8-3-1-7(2-4-8)17-9(18)5-6-10(19)20/h1-6,11H,(H,17,18)(H,19,20)/b6-5+/t11-/m0/s1. The molecule has 2 N–H and O–H groups in total. The van der Waals surface area contributed by atoms with Crippen molar-refractivity contribution in [2.75, 3.05) is 5.32 Å². The molecule has 114 valence electrons. The molecule has 0 aliphatic carbocycles. The number of hydrogen-bond acceptors (Lipinski definition) is 3. The Morgan fingerprint density at radius 1 is 1.29 bits per heavy atom. The molecule has 0 radical (unpaired) electrons. The molecule has 1 rings (SSSR count). The molecule has 0 saturated heterocycles. The van der Waals surface area contributed by atoms with Crippen molar-refractivity contribution in [2.45, 2.75) is 11.7 Å². The average Bonchev–Trinajstić information content (AvgIpc) is 2.38. The smallest absolute Gasteiger partial charge is 0.444 e. The molecule has 0 aliphatic rings. The van der Waals surface area contributed by atoms with Crippen LogP contribution in [-0.4, -0.2) is 28.7 Å². The average molecular weight is 324 g/mol. The van der Waals surface area contributed by atoms with Crippen LogP contribution in [0.1, 0.15) is 0 Å². The number of amides is 1. The van der Waals surface area contributed by atoms with Crippen LogP contribution in [0.5, 0.6) is 5.75 Å². The van der Waals surface area contributed by atoms with Gasteiger partial charge in [-0.25, -0.2) is 9.18 Å². The van der Waals surface area contributed by atoms with Crippen LogP contribution < -0.4 is 10.1 Å². The number of ether oxygens (including phenoxy) is 1. The van der Waals surface area contributed by atoms with E-state index in [-0.39, 0.29) is 11.4 Å². The van der Waals surface area contributed by atoms with Crippen LogP contribution in [-0.2, 0) is 9.59 Å². The summed E-state index contributed by atoms with van der Waals surface area (Å²) in [6.45, 7) is 0. The Morgan fingerprint density at radius 2 is 1.86 bits per heavy atom. The number of nitrogens with one attached hydrogen (secondary N) is 1. The predicted molar refractivity (Wildman–Crippen MR) is 68.2 cm³/mol. The Kier molecular flexibility index (Phi) is 5.60. The highest BCUT2D eigenvalue weighted by molar-refractivity contribution is 6.20. The molecule has 0 spiro atoms. The van der Waals surface area contributed by atoms with E-state index in [2.05, 4.69) is 21.7 Å². The van der Waals surface area contributed by atoms with Gasteiger partial charge in [0.05, 0.1) is 0 Å². The highest BCUT2D eigenvalue weighted by Crippen LogP contribution is 2.29. The number of carboxylic acid groups (broad SMARTS) is 1. The second-order valence-electron chi connectivity index (χ2n) is 3.65. The van der Waals surface area contributed by atoms with Gasteiger partial charge in [-0.05, 0) is 24.3 Å². The number of aliphatic carboxylic acids is 1. The fraction of sp³-hybridized carbons (Fsp3) is 0.167. The highest BCUT2D eigenvalue weighted by Gasteiger charge is 2.42. The van der Waals surface area contributed by atoms with Crippen LogP contribution >= 0.6 is 11.6 Å².